The Hall–Kier alpha value is -3.91. The van der Waals surface area contributed by atoms with Gasteiger partial charge >= 0.3 is 0 Å². The largest absolute Gasteiger partial charge is 0.495 e. The summed E-state index contributed by atoms with van der Waals surface area (Å²) in [6.07, 6.45) is 4.69. The number of benzene rings is 2. The second kappa shape index (κ2) is 8.22. The molecule has 0 bridgehead atoms. The first-order valence-electron chi connectivity index (χ1n) is 8.90. The van der Waals surface area contributed by atoms with Crippen molar-refractivity contribution in [1.29, 1.82) is 0 Å². The number of carbonyl (C=O) groups excluding carboxylic acids is 2. The molecule has 0 saturated heterocycles. The summed E-state index contributed by atoms with van der Waals surface area (Å²) < 4.78 is 6.85. The molecule has 4 rings (SSSR count). The molecule has 2 amide bonds. The summed E-state index contributed by atoms with van der Waals surface area (Å²) in [6.45, 7) is 0. The Morgan fingerprint density at radius 1 is 1.03 bits per heavy atom. The van der Waals surface area contributed by atoms with Crippen LogP contribution in [0.5, 0.6) is 5.75 Å². The Morgan fingerprint density at radius 3 is 2.57 bits per heavy atom. The monoisotopic (exact) mass is 421 g/mol. The number of hydrogen-bond acceptors (Lipinski definition) is 5. The Balaban J connectivity index is 1.60. The highest BCUT2D eigenvalue weighted by molar-refractivity contribution is 6.35. The van der Waals surface area contributed by atoms with Gasteiger partial charge in [-0.25, -0.2) is 9.50 Å². The summed E-state index contributed by atoms with van der Waals surface area (Å²) >= 11 is 6.33. The minimum absolute atomic E-state index is 0.164. The Labute approximate surface area is 176 Å². The molecular weight excluding hydrogens is 406 g/mol. The third-order valence-electron chi connectivity index (χ3n) is 4.34. The maximum absolute atomic E-state index is 12.7. The molecule has 8 nitrogen and oxygen atoms in total. The van der Waals surface area contributed by atoms with E-state index >= 15 is 0 Å². The van der Waals surface area contributed by atoms with E-state index in [1.54, 1.807) is 30.6 Å². The van der Waals surface area contributed by atoms with Gasteiger partial charge in [0.15, 0.2) is 5.65 Å². The van der Waals surface area contributed by atoms with Gasteiger partial charge in [0.1, 0.15) is 11.3 Å². The van der Waals surface area contributed by atoms with Crippen LogP contribution in [0.3, 0.4) is 0 Å². The number of carbonyl (C=O) groups is 2. The molecule has 4 aromatic rings. The number of nitrogens with zero attached hydrogens (tertiary/aromatic N) is 3. The summed E-state index contributed by atoms with van der Waals surface area (Å²) in [4.78, 5) is 29.5. The van der Waals surface area contributed by atoms with Crippen molar-refractivity contribution in [1.82, 2.24) is 14.6 Å². The van der Waals surface area contributed by atoms with Gasteiger partial charge in [0.25, 0.3) is 11.8 Å². The summed E-state index contributed by atoms with van der Waals surface area (Å²) in [5, 5.41) is 9.77. The molecule has 150 valence electrons. The molecule has 9 heteroatoms. The number of hydrogen-bond donors (Lipinski definition) is 2. The van der Waals surface area contributed by atoms with Crippen LogP contribution in [0.4, 0.5) is 11.4 Å². The van der Waals surface area contributed by atoms with Crippen molar-refractivity contribution in [2.75, 3.05) is 17.7 Å². The van der Waals surface area contributed by atoms with E-state index in [4.69, 9.17) is 16.3 Å². The molecule has 0 unspecified atom stereocenters. The first kappa shape index (κ1) is 19.4. The zero-order valence-corrected chi connectivity index (χ0v) is 16.6. The van der Waals surface area contributed by atoms with Crippen molar-refractivity contribution < 1.29 is 14.3 Å². The number of halogens is 1. The third kappa shape index (κ3) is 3.81. The second-order valence-electron chi connectivity index (χ2n) is 6.25. The number of anilines is 2. The molecule has 0 aliphatic heterocycles. The lowest BCUT2D eigenvalue weighted by Crippen LogP contribution is -2.15. The summed E-state index contributed by atoms with van der Waals surface area (Å²) in [6, 6.07) is 13.7. The van der Waals surface area contributed by atoms with Crippen LogP contribution in [0, 0.1) is 0 Å². The van der Waals surface area contributed by atoms with Crippen molar-refractivity contribution in [2.45, 2.75) is 0 Å². The van der Waals surface area contributed by atoms with Crippen molar-refractivity contribution in [3.05, 3.63) is 83.3 Å². The van der Waals surface area contributed by atoms with Crippen LogP contribution in [0.2, 0.25) is 5.02 Å². The summed E-state index contributed by atoms with van der Waals surface area (Å²) in [7, 11) is 1.44. The van der Waals surface area contributed by atoms with Crippen LogP contribution < -0.4 is 15.4 Å². The van der Waals surface area contributed by atoms with E-state index in [0.717, 1.165) is 0 Å². The molecule has 0 saturated carbocycles. The van der Waals surface area contributed by atoms with Gasteiger partial charge in [-0.2, -0.15) is 5.10 Å². The lowest BCUT2D eigenvalue weighted by atomic mass is 10.1. The first-order valence-corrected chi connectivity index (χ1v) is 9.28. The minimum atomic E-state index is -0.431. The number of para-hydroxylation sites is 1. The molecule has 30 heavy (non-hydrogen) atoms. The highest BCUT2D eigenvalue weighted by Crippen LogP contribution is 2.32. The van der Waals surface area contributed by atoms with Crippen molar-refractivity contribution in [3.8, 4) is 5.75 Å². The third-order valence-corrected chi connectivity index (χ3v) is 4.65. The molecule has 2 N–H and O–H groups in total. The maximum atomic E-state index is 12.7. The molecule has 2 aromatic heterocycles. The average Bonchev–Trinajstić information content (AvgIpc) is 3.19. The summed E-state index contributed by atoms with van der Waals surface area (Å²) in [5.74, 6) is -0.538. The zero-order valence-electron chi connectivity index (χ0n) is 15.8. The van der Waals surface area contributed by atoms with Crippen LogP contribution in [-0.2, 0) is 0 Å². The standard InChI is InChI=1S/C21H16ClN5O3/c1-30-18-10-14(20(28)25-13-6-3-2-4-7-13)16(22)11-17(18)26-21(29)15-12-24-27-9-5-8-23-19(15)27/h2-12H,1H3,(H,25,28)(H,26,29). The fraction of sp³-hybridized carbons (Fsp3) is 0.0476. The van der Waals surface area contributed by atoms with E-state index in [1.165, 1.54) is 30.0 Å². The topological polar surface area (TPSA) is 97.6 Å². The molecule has 0 spiro atoms. The van der Waals surface area contributed by atoms with Crippen molar-refractivity contribution >= 4 is 40.4 Å². The average molecular weight is 422 g/mol. The van der Waals surface area contributed by atoms with E-state index in [9.17, 15) is 9.59 Å². The van der Waals surface area contributed by atoms with Crippen LogP contribution in [0.25, 0.3) is 5.65 Å². The number of ether oxygens (including phenoxy) is 1. The lowest BCUT2D eigenvalue weighted by molar-refractivity contribution is 0.102. The van der Waals surface area contributed by atoms with Gasteiger partial charge in [0.05, 0.1) is 29.6 Å². The zero-order chi connectivity index (χ0) is 21.1. The van der Waals surface area contributed by atoms with E-state index in [-0.39, 0.29) is 16.3 Å². The predicted octanol–water partition coefficient (Wildman–Crippen LogP) is 3.90. The van der Waals surface area contributed by atoms with E-state index in [0.29, 0.717) is 22.6 Å². The van der Waals surface area contributed by atoms with E-state index < -0.39 is 11.8 Å². The van der Waals surface area contributed by atoms with Gasteiger partial charge in [-0.1, -0.05) is 29.8 Å². The first-order chi connectivity index (χ1) is 14.6. The molecule has 2 heterocycles. The number of aromatic nitrogens is 3. The van der Waals surface area contributed by atoms with Crippen LogP contribution in [-0.4, -0.2) is 33.5 Å². The van der Waals surface area contributed by atoms with Crippen LogP contribution in [0.1, 0.15) is 20.7 Å². The Kier molecular flexibility index (Phi) is 5.32. The van der Waals surface area contributed by atoms with Crippen LogP contribution >= 0.6 is 11.6 Å². The predicted molar refractivity (Wildman–Crippen MR) is 113 cm³/mol. The number of nitrogens with one attached hydrogen (secondary N) is 2. The van der Waals surface area contributed by atoms with Gasteiger partial charge in [0.2, 0.25) is 0 Å². The highest BCUT2D eigenvalue weighted by atomic mass is 35.5. The van der Waals surface area contributed by atoms with Gasteiger partial charge in [-0.3, -0.25) is 9.59 Å². The van der Waals surface area contributed by atoms with Crippen molar-refractivity contribution in [2.24, 2.45) is 0 Å². The second-order valence-corrected chi connectivity index (χ2v) is 6.66. The van der Waals surface area contributed by atoms with Gasteiger partial charge in [-0.15, -0.1) is 0 Å². The lowest BCUT2D eigenvalue weighted by Gasteiger charge is -2.13. The summed E-state index contributed by atoms with van der Waals surface area (Å²) in [5.41, 5.74) is 1.88. The molecule has 0 fully saturated rings. The maximum Gasteiger partial charge on any atom is 0.261 e. The normalized spacial score (nSPS) is 10.6. The Morgan fingerprint density at radius 2 is 1.80 bits per heavy atom. The molecule has 0 radical (unpaired) electrons. The quantitative estimate of drug-likeness (QED) is 0.509. The molecule has 0 atom stereocenters. The van der Waals surface area contributed by atoms with Crippen molar-refractivity contribution in [3.63, 3.8) is 0 Å². The number of amides is 2. The van der Waals surface area contributed by atoms with E-state index in [1.807, 2.05) is 18.2 Å². The van der Waals surface area contributed by atoms with E-state index in [2.05, 4.69) is 20.7 Å². The van der Waals surface area contributed by atoms with Gasteiger partial charge < -0.3 is 15.4 Å². The van der Waals surface area contributed by atoms with Gasteiger partial charge in [-0.05, 0) is 30.3 Å². The van der Waals surface area contributed by atoms with Crippen LogP contribution in [0.15, 0.2) is 67.1 Å². The minimum Gasteiger partial charge on any atom is -0.495 e. The number of methoxy groups -OCH3 is 1. The number of rotatable bonds is 5. The fourth-order valence-electron chi connectivity index (χ4n) is 2.89. The molecule has 0 aliphatic rings. The fourth-order valence-corrected chi connectivity index (χ4v) is 3.14. The highest BCUT2D eigenvalue weighted by Gasteiger charge is 2.19. The Bertz CT molecular complexity index is 1240. The molecular formula is C21H16ClN5O3. The SMILES string of the molecule is COc1cc(C(=O)Nc2ccccc2)c(Cl)cc1NC(=O)c1cnn2cccnc12. The molecule has 2 aromatic carbocycles. The molecule has 0 aliphatic carbocycles. The van der Waals surface area contributed by atoms with Gasteiger partial charge in [0, 0.05) is 18.1 Å². The smallest absolute Gasteiger partial charge is 0.261 e. The number of fused-ring (bicyclic) bond motifs is 1.